The van der Waals surface area contributed by atoms with Crippen LogP contribution in [0.5, 0.6) is 0 Å². The Morgan fingerprint density at radius 2 is 1.96 bits per heavy atom. The number of hydrogen-bond acceptors (Lipinski definition) is 4. The predicted molar refractivity (Wildman–Crippen MR) is 98.5 cm³/mol. The van der Waals surface area contributed by atoms with E-state index in [2.05, 4.69) is 38.1 Å². The molecule has 5 heteroatoms. The molecule has 4 rings (SSSR count). The Kier molecular flexibility index (Phi) is 4.53. The molecular weight excluding hydrogens is 318 g/mol. The number of benzene rings is 1. The van der Waals surface area contributed by atoms with Crippen molar-refractivity contribution < 1.29 is 4.74 Å². The molecule has 0 saturated carbocycles. The second-order valence-corrected chi connectivity index (χ2v) is 6.77. The SMILES string of the molecule is c1csc(CCCOCCn2cnc3cnc4ccccc4c32)c1. The van der Waals surface area contributed by atoms with Gasteiger partial charge in [0.25, 0.3) is 0 Å². The van der Waals surface area contributed by atoms with Crippen molar-refractivity contribution in [2.75, 3.05) is 13.2 Å². The lowest BCUT2D eigenvalue weighted by Gasteiger charge is -2.07. The molecule has 24 heavy (non-hydrogen) atoms. The van der Waals surface area contributed by atoms with Crippen molar-refractivity contribution in [2.24, 2.45) is 0 Å². The minimum absolute atomic E-state index is 0.701. The summed E-state index contributed by atoms with van der Waals surface area (Å²) in [4.78, 5) is 10.4. The lowest BCUT2D eigenvalue weighted by atomic mass is 10.2. The zero-order valence-electron chi connectivity index (χ0n) is 13.4. The van der Waals surface area contributed by atoms with Gasteiger partial charge in [-0.25, -0.2) is 4.98 Å². The van der Waals surface area contributed by atoms with Gasteiger partial charge in [-0.05, 0) is 30.4 Å². The highest BCUT2D eigenvalue weighted by molar-refractivity contribution is 7.09. The fraction of sp³-hybridized carbons (Fsp3) is 0.263. The van der Waals surface area contributed by atoms with Crippen molar-refractivity contribution in [2.45, 2.75) is 19.4 Å². The molecule has 0 saturated heterocycles. The van der Waals surface area contributed by atoms with E-state index in [1.165, 1.54) is 4.88 Å². The van der Waals surface area contributed by atoms with Crippen molar-refractivity contribution in [3.63, 3.8) is 0 Å². The first-order valence-electron chi connectivity index (χ1n) is 8.20. The first kappa shape index (κ1) is 15.3. The Morgan fingerprint density at radius 1 is 1.00 bits per heavy atom. The number of para-hydroxylation sites is 1. The molecule has 0 spiro atoms. The highest BCUT2D eigenvalue weighted by atomic mass is 32.1. The molecule has 0 radical (unpaired) electrons. The molecule has 4 nitrogen and oxygen atoms in total. The smallest absolute Gasteiger partial charge is 0.107 e. The molecule has 122 valence electrons. The second kappa shape index (κ2) is 7.11. The zero-order valence-corrected chi connectivity index (χ0v) is 14.2. The van der Waals surface area contributed by atoms with Gasteiger partial charge in [-0.1, -0.05) is 24.3 Å². The van der Waals surface area contributed by atoms with E-state index in [4.69, 9.17) is 4.74 Å². The molecule has 0 aliphatic carbocycles. The average Bonchev–Trinajstić information content (AvgIpc) is 3.28. The first-order chi connectivity index (χ1) is 11.9. The Hall–Kier alpha value is -2.24. The summed E-state index contributed by atoms with van der Waals surface area (Å²) in [6.45, 7) is 2.31. The largest absolute Gasteiger partial charge is 0.380 e. The van der Waals surface area contributed by atoms with Gasteiger partial charge < -0.3 is 9.30 Å². The molecule has 0 aliphatic heterocycles. The van der Waals surface area contributed by atoms with E-state index < -0.39 is 0 Å². The van der Waals surface area contributed by atoms with E-state index in [1.54, 1.807) is 0 Å². The number of aromatic nitrogens is 3. The van der Waals surface area contributed by atoms with Crippen LogP contribution < -0.4 is 0 Å². The molecule has 0 atom stereocenters. The van der Waals surface area contributed by atoms with Crippen LogP contribution in [0.4, 0.5) is 0 Å². The lowest BCUT2D eigenvalue weighted by molar-refractivity contribution is 0.125. The van der Waals surface area contributed by atoms with Gasteiger partial charge in [0.1, 0.15) is 5.52 Å². The van der Waals surface area contributed by atoms with Gasteiger partial charge in [0, 0.05) is 23.4 Å². The van der Waals surface area contributed by atoms with Gasteiger partial charge in [0.05, 0.1) is 30.2 Å². The molecule has 0 unspecified atom stereocenters. The fourth-order valence-electron chi connectivity index (χ4n) is 2.94. The molecule has 4 aromatic rings. The number of thiophene rings is 1. The summed E-state index contributed by atoms with van der Waals surface area (Å²) in [5.74, 6) is 0. The second-order valence-electron chi connectivity index (χ2n) is 5.74. The third-order valence-electron chi connectivity index (χ3n) is 4.12. The minimum atomic E-state index is 0.701. The van der Waals surface area contributed by atoms with Crippen LogP contribution in [0.3, 0.4) is 0 Å². The molecule has 0 fully saturated rings. The Balaban J connectivity index is 1.37. The van der Waals surface area contributed by atoms with Crippen LogP contribution in [0.2, 0.25) is 0 Å². The number of aryl methyl sites for hydroxylation is 1. The highest BCUT2D eigenvalue weighted by Gasteiger charge is 2.07. The van der Waals surface area contributed by atoms with E-state index in [0.717, 1.165) is 47.9 Å². The van der Waals surface area contributed by atoms with Gasteiger partial charge >= 0.3 is 0 Å². The Bertz CT molecular complexity index is 930. The van der Waals surface area contributed by atoms with Crippen LogP contribution in [0.25, 0.3) is 21.9 Å². The Labute approximate surface area is 144 Å². The monoisotopic (exact) mass is 337 g/mol. The lowest BCUT2D eigenvalue weighted by Crippen LogP contribution is -2.06. The third-order valence-corrected chi connectivity index (χ3v) is 5.06. The molecule has 3 heterocycles. The van der Waals surface area contributed by atoms with E-state index >= 15 is 0 Å². The number of rotatable bonds is 7. The van der Waals surface area contributed by atoms with Crippen molar-refractivity contribution in [3.05, 3.63) is 59.2 Å². The summed E-state index contributed by atoms with van der Waals surface area (Å²) in [6, 6.07) is 12.5. The van der Waals surface area contributed by atoms with Gasteiger partial charge in [-0.15, -0.1) is 11.3 Å². The molecule has 0 amide bonds. The number of imidazole rings is 1. The van der Waals surface area contributed by atoms with Crippen molar-refractivity contribution in [1.82, 2.24) is 14.5 Å². The normalized spacial score (nSPS) is 11.5. The van der Waals surface area contributed by atoms with E-state index in [0.29, 0.717) is 6.61 Å². The predicted octanol–water partition coefficient (Wildman–Crippen LogP) is 4.30. The Morgan fingerprint density at radius 3 is 2.88 bits per heavy atom. The third kappa shape index (κ3) is 3.18. The summed E-state index contributed by atoms with van der Waals surface area (Å²) in [5.41, 5.74) is 3.08. The summed E-state index contributed by atoms with van der Waals surface area (Å²) in [5, 5.41) is 3.27. The molecule has 0 N–H and O–H groups in total. The molecule has 3 aromatic heterocycles. The molecule has 0 aliphatic rings. The maximum absolute atomic E-state index is 5.81. The maximum Gasteiger partial charge on any atom is 0.107 e. The number of ether oxygens (including phenoxy) is 1. The van der Waals surface area contributed by atoms with Crippen molar-refractivity contribution >= 4 is 33.3 Å². The standard InChI is InChI=1S/C19H19N3OS/c1-2-8-17-16(7-1)19-18(13-20-17)21-14-22(19)9-11-23-10-3-5-15-6-4-12-24-15/h1-2,4,6-8,12-14H,3,5,9-11H2. The van der Waals surface area contributed by atoms with Gasteiger partial charge in [0.2, 0.25) is 0 Å². The topological polar surface area (TPSA) is 39.9 Å². The quantitative estimate of drug-likeness (QED) is 0.472. The van der Waals surface area contributed by atoms with Crippen molar-refractivity contribution in [3.8, 4) is 0 Å². The average molecular weight is 337 g/mol. The highest BCUT2D eigenvalue weighted by Crippen LogP contribution is 2.22. The summed E-state index contributed by atoms with van der Waals surface area (Å²) in [6.07, 6.45) is 5.89. The van der Waals surface area contributed by atoms with Crippen molar-refractivity contribution in [1.29, 1.82) is 0 Å². The van der Waals surface area contributed by atoms with Crippen LogP contribution in [-0.2, 0) is 17.7 Å². The van der Waals surface area contributed by atoms with Gasteiger partial charge in [-0.3, -0.25) is 4.98 Å². The number of nitrogens with zero attached hydrogens (tertiary/aromatic N) is 3. The van der Waals surface area contributed by atoms with Crippen LogP contribution in [0.15, 0.2) is 54.3 Å². The van der Waals surface area contributed by atoms with Crippen LogP contribution in [-0.4, -0.2) is 27.7 Å². The van der Waals surface area contributed by atoms with E-state index in [1.807, 2.05) is 42.1 Å². The summed E-state index contributed by atoms with van der Waals surface area (Å²) < 4.78 is 7.97. The van der Waals surface area contributed by atoms with Crippen LogP contribution >= 0.6 is 11.3 Å². The molecular formula is C19H19N3OS. The molecule has 0 bridgehead atoms. The molecule has 1 aromatic carbocycles. The van der Waals surface area contributed by atoms with Crippen LogP contribution in [0, 0.1) is 0 Å². The fourth-order valence-corrected chi connectivity index (χ4v) is 3.69. The van der Waals surface area contributed by atoms with Crippen LogP contribution in [0.1, 0.15) is 11.3 Å². The zero-order chi connectivity index (χ0) is 16.2. The van der Waals surface area contributed by atoms with E-state index in [-0.39, 0.29) is 0 Å². The number of hydrogen-bond donors (Lipinski definition) is 0. The number of fused-ring (bicyclic) bond motifs is 3. The van der Waals surface area contributed by atoms with Gasteiger partial charge in [0.15, 0.2) is 0 Å². The summed E-state index contributed by atoms with van der Waals surface area (Å²) >= 11 is 1.81. The van der Waals surface area contributed by atoms with Gasteiger partial charge in [-0.2, -0.15) is 0 Å². The number of pyridine rings is 1. The summed E-state index contributed by atoms with van der Waals surface area (Å²) in [7, 11) is 0. The maximum atomic E-state index is 5.81. The minimum Gasteiger partial charge on any atom is -0.380 e. The first-order valence-corrected chi connectivity index (χ1v) is 9.08. The van der Waals surface area contributed by atoms with E-state index in [9.17, 15) is 0 Å².